The second-order valence-electron chi connectivity index (χ2n) is 7.32. The number of piperidine rings is 1. The lowest BCUT2D eigenvalue weighted by atomic mass is 10.0. The quantitative estimate of drug-likeness (QED) is 0.882. The fourth-order valence-corrected chi connectivity index (χ4v) is 4.39. The van der Waals surface area contributed by atoms with Crippen molar-refractivity contribution in [2.75, 3.05) is 6.54 Å². The second-order valence-corrected chi connectivity index (χ2v) is 7.32. The first-order valence-corrected chi connectivity index (χ1v) is 9.34. The Bertz CT molecular complexity index is 907. The summed E-state index contributed by atoms with van der Waals surface area (Å²) in [5.74, 6) is -1.24. The average molecular weight is 357 g/mol. The molecule has 0 radical (unpaired) electrons. The first-order valence-electron chi connectivity index (χ1n) is 9.34. The molecular weight excluding hydrogens is 334 g/mol. The SMILES string of the molecule is O=C(O)[C@H]1CCCCN1C(=O)c1ccc2c(c1)[nH]c(=O)n2C1CCCC1. The van der Waals surface area contributed by atoms with Gasteiger partial charge in [0.15, 0.2) is 0 Å². The van der Waals surface area contributed by atoms with E-state index in [4.69, 9.17) is 0 Å². The van der Waals surface area contributed by atoms with Gasteiger partial charge in [0.25, 0.3) is 5.91 Å². The standard InChI is InChI=1S/C19H23N3O4/c23-17(21-10-4-3-7-16(21)18(24)25)12-8-9-15-14(11-12)20-19(26)22(15)13-5-1-2-6-13/h8-9,11,13,16H,1-7,10H2,(H,20,26)(H,24,25)/t16-/m1/s1. The van der Waals surface area contributed by atoms with Crippen LogP contribution in [0.5, 0.6) is 0 Å². The summed E-state index contributed by atoms with van der Waals surface area (Å²) >= 11 is 0. The van der Waals surface area contributed by atoms with E-state index in [0.717, 1.165) is 44.0 Å². The summed E-state index contributed by atoms with van der Waals surface area (Å²) in [5.41, 5.74) is 1.73. The third-order valence-corrected chi connectivity index (χ3v) is 5.70. The molecule has 2 heterocycles. The molecule has 2 aliphatic rings. The maximum atomic E-state index is 12.9. The number of likely N-dealkylation sites (tertiary alicyclic amines) is 1. The Morgan fingerprint density at radius 2 is 1.81 bits per heavy atom. The molecule has 2 fully saturated rings. The summed E-state index contributed by atoms with van der Waals surface area (Å²) in [4.78, 5) is 41.0. The van der Waals surface area contributed by atoms with Gasteiger partial charge in [0, 0.05) is 18.2 Å². The number of carboxylic acids is 1. The molecule has 1 saturated carbocycles. The number of aromatic nitrogens is 2. The van der Waals surface area contributed by atoms with E-state index in [2.05, 4.69) is 4.98 Å². The molecule has 7 heteroatoms. The molecule has 4 rings (SSSR count). The zero-order valence-electron chi connectivity index (χ0n) is 14.6. The molecule has 138 valence electrons. The number of carbonyl (C=O) groups excluding carboxylic acids is 1. The van der Waals surface area contributed by atoms with E-state index in [9.17, 15) is 19.5 Å². The average Bonchev–Trinajstić information content (AvgIpc) is 3.26. The lowest BCUT2D eigenvalue weighted by Crippen LogP contribution is -2.47. The van der Waals surface area contributed by atoms with Crippen molar-refractivity contribution >= 4 is 22.9 Å². The van der Waals surface area contributed by atoms with Gasteiger partial charge in [0.1, 0.15) is 6.04 Å². The number of carboxylic acid groups (broad SMARTS) is 1. The highest BCUT2D eigenvalue weighted by atomic mass is 16.4. The number of aromatic amines is 1. The third kappa shape index (κ3) is 2.81. The highest BCUT2D eigenvalue weighted by Gasteiger charge is 2.32. The number of imidazole rings is 1. The van der Waals surface area contributed by atoms with Gasteiger partial charge >= 0.3 is 11.7 Å². The van der Waals surface area contributed by atoms with Gasteiger partial charge in [-0.25, -0.2) is 9.59 Å². The van der Waals surface area contributed by atoms with Crippen LogP contribution < -0.4 is 5.69 Å². The molecule has 1 aromatic heterocycles. The van der Waals surface area contributed by atoms with Crippen LogP contribution in [0.3, 0.4) is 0 Å². The highest BCUT2D eigenvalue weighted by Crippen LogP contribution is 2.31. The number of benzene rings is 1. The number of hydrogen-bond acceptors (Lipinski definition) is 3. The van der Waals surface area contributed by atoms with E-state index in [-0.39, 0.29) is 17.6 Å². The van der Waals surface area contributed by atoms with E-state index in [1.807, 2.05) is 0 Å². The van der Waals surface area contributed by atoms with E-state index in [1.54, 1.807) is 22.8 Å². The fraction of sp³-hybridized carbons (Fsp3) is 0.526. The molecule has 1 saturated heterocycles. The van der Waals surface area contributed by atoms with Crippen LogP contribution in [-0.2, 0) is 4.79 Å². The minimum absolute atomic E-state index is 0.141. The van der Waals surface area contributed by atoms with Crippen molar-refractivity contribution in [3.63, 3.8) is 0 Å². The molecule has 0 unspecified atom stereocenters. The van der Waals surface area contributed by atoms with Crippen LogP contribution in [0.1, 0.15) is 61.3 Å². The zero-order chi connectivity index (χ0) is 18.3. The van der Waals surface area contributed by atoms with Gasteiger partial charge in [-0.2, -0.15) is 0 Å². The maximum absolute atomic E-state index is 12.9. The lowest BCUT2D eigenvalue weighted by molar-refractivity contribution is -0.143. The molecule has 2 aromatic rings. The number of rotatable bonds is 3. The first kappa shape index (κ1) is 16.9. The normalized spacial score (nSPS) is 21.4. The van der Waals surface area contributed by atoms with Crippen molar-refractivity contribution in [3.05, 3.63) is 34.2 Å². The maximum Gasteiger partial charge on any atom is 0.326 e. The first-order chi connectivity index (χ1) is 12.6. The third-order valence-electron chi connectivity index (χ3n) is 5.70. The van der Waals surface area contributed by atoms with Crippen LogP contribution in [0.15, 0.2) is 23.0 Å². The molecule has 1 aliphatic heterocycles. The number of hydrogen-bond donors (Lipinski definition) is 2. The summed E-state index contributed by atoms with van der Waals surface area (Å²) in [6.07, 6.45) is 6.38. The minimum Gasteiger partial charge on any atom is -0.480 e. The van der Waals surface area contributed by atoms with Crippen molar-refractivity contribution in [2.45, 2.75) is 57.0 Å². The monoisotopic (exact) mass is 357 g/mol. The molecule has 1 aromatic carbocycles. The Kier molecular flexibility index (Phi) is 4.30. The fourth-order valence-electron chi connectivity index (χ4n) is 4.39. The Balaban J connectivity index is 1.68. The number of fused-ring (bicyclic) bond motifs is 1. The molecule has 26 heavy (non-hydrogen) atoms. The molecule has 0 bridgehead atoms. The summed E-state index contributed by atoms with van der Waals surface area (Å²) in [5, 5.41) is 9.39. The summed E-state index contributed by atoms with van der Waals surface area (Å²) < 4.78 is 1.80. The van der Waals surface area contributed by atoms with Gasteiger partial charge in [0.2, 0.25) is 0 Å². The smallest absolute Gasteiger partial charge is 0.326 e. The van der Waals surface area contributed by atoms with Crippen LogP contribution in [0.4, 0.5) is 0 Å². The Morgan fingerprint density at radius 1 is 1.08 bits per heavy atom. The number of aliphatic carboxylic acids is 1. The highest BCUT2D eigenvalue weighted by molar-refractivity contribution is 5.99. The largest absolute Gasteiger partial charge is 0.480 e. The van der Waals surface area contributed by atoms with E-state index >= 15 is 0 Å². The Labute approximate surface area is 150 Å². The van der Waals surface area contributed by atoms with Gasteiger partial charge in [-0.1, -0.05) is 12.8 Å². The van der Waals surface area contributed by atoms with E-state index < -0.39 is 12.0 Å². The van der Waals surface area contributed by atoms with Gasteiger partial charge in [-0.15, -0.1) is 0 Å². The van der Waals surface area contributed by atoms with Crippen LogP contribution in [-0.4, -0.2) is 44.0 Å². The molecule has 1 amide bonds. The van der Waals surface area contributed by atoms with Crippen molar-refractivity contribution in [2.24, 2.45) is 0 Å². The van der Waals surface area contributed by atoms with Crippen LogP contribution >= 0.6 is 0 Å². The molecule has 2 N–H and O–H groups in total. The van der Waals surface area contributed by atoms with Crippen LogP contribution in [0.2, 0.25) is 0 Å². The van der Waals surface area contributed by atoms with Gasteiger partial charge in [-0.05, 0) is 50.3 Å². The minimum atomic E-state index is -0.958. The summed E-state index contributed by atoms with van der Waals surface area (Å²) in [6.45, 7) is 0.452. The number of nitrogens with zero attached hydrogens (tertiary/aromatic N) is 2. The Morgan fingerprint density at radius 3 is 2.54 bits per heavy atom. The van der Waals surface area contributed by atoms with Crippen LogP contribution in [0, 0.1) is 0 Å². The molecule has 1 atom stereocenters. The van der Waals surface area contributed by atoms with E-state index in [1.165, 1.54) is 4.90 Å². The van der Waals surface area contributed by atoms with Crippen molar-refractivity contribution in [3.8, 4) is 0 Å². The number of amides is 1. The number of nitrogens with one attached hydrogen (secondary N) is 1. The molecule has 1 aliphatic carbocycles. The topological polar surface area (TPSA) is 95.4 Å². The van der Waals surface area contributed by atoms with Crippen LogP contribution in [0.25, 0.3) is 11.0 Å². The van der Waals surface area contributed by atoms with Gasteiger partial charge in [-0.3, -0.25) is 9.36 Å². The lowest BCUT2D eigenvalue weighted by Gasteiger charge is -2.33. The van der Waals surface area contributed by atoms with E-state index in [0.29, 0.717) is 24.0 Å². The Hall–Kier alpha value is -2.57. The summed E-state index contributed by atoms with van der Waals surface area (Å²) in [7, 11) is 0. The molecule has 7 nitrogen and oxygen atoms in total. The predicted molar refractivity (Wildman–Crippen MR) is 96.4 cm³/mol. The second kappa shape index (κ2) is 6.63. The number of carbonyl (C=O) groups is 2. The zero-order valence-corrected chi connectivity index (χ0v) is 14.6. The van der Waals surface area contributed by atoms with Gasteiger partial charge in [0.05, 0.1) is 11.0 Å². The van der Waals surface area contributed by atoms with Crippen molar-refractivity contribution in [1.29, 1.82) is 0 Å². The molecular formula is C19H23N3O4. The summed E-state index contributed by atoms with van der Waals surface area (Å²) in [6, 6.07) is 4.64. The number of H-pyrrole nitrogens is 1. The predicted octanol–water partition coefficient (Wildman–Crippen LogP) is 2.52. The van der Waals surface area contributed by atoms with Crippen molar-refractivity contribution in [1.82, 2.24) is 14.5 Å². The molecule has 0 spiro atoms. The van der Waals surface area contributed by atoms with Crippen molar-refractivity contribution < 1.29 is 14.7 Å². The van der Waals surface area contributed by atoms with Gasteiger partial charge < -0.3 is 15.0 Å².